The third-order valence-electron chi connectivity index (χ3n) is 2.98. The summed E-state index contributed by atoms with van der Waals surface area (Å²) in [5.41, 5.74) is 0. The maximum absolute atomic E-state index is 11.9. The summed E-state index contributed by atoms with van der Waals surface area (Å²) in [5, 5.41) is 15.0. The quantitative estimate of drug-likeness (QED) is 0.785. The van der Waals surface area contributed by atoms with Crippen molar-refractivity contribution in [3.8, 4) is 0 Å². The van der Waals surface area contributed by atoms with Crippen LogP contribution in [-0.2, 0) is 16.1 Å². The molecule has 1 saturated heterocycles. The molecule has 1 fully saturated rings. The van der Waals surface area contributed by atoms with E-state index in [-0.39, 0.29) is 23.3 Å². The van der Waals surface area contributed by atoms with Crippen LogP contribution in [0, 0.1) is 0 Å². The molecule has 0 aliphatic carbocycles. The fourth-order valence-corrected chi connectivity index (χ4v) is 2.80. The first-order valence-electron chi connectivity index (χ1n) is 6.91. The van der Waals surface area contributed by atoms with Crippen molar-refractivity contribution < 1.29 is 9.53 Å². The Labute approximate surface area is 122 Å². The number of amides is 1. The van der Waals surface area contributed by atoms with Crippen LogP contribution in [-0.4, -0.2) is 50.1 Å². The van der Waals surface area contributed by atoms with Crippen molar-refractivity contribution in [2.75, 3.05) is 6.61 Å². The number of hydrogen-bond acceptors (Lipinski definition) is 6. The maximum atomic E-state index is 11.9. The van der Waals surface area contributed by atoms with Crippen LogP contribution in [0.1, 0.15) is 33.6 Å². The van der Waals surface area contributed by atoms with E-state index in [9.17, 15) is 4.79 Å². The Hall–Kier alpha value is -1.15. The van der Waals surface area contributed by atoms with Crippen LogP contribution >= 0.6 is 11.8 Å². The summed E-state index contributed by atoms with van der Waals surface area (Å²) in [5.74, 6) is -0.00309. The first-order valence-corrected chi connectivity index (χ1v) is 7.79. The number of ether oxygens (including phenoxy) is 1. The lowest BCUT2D eigenvalue weighted by atomic mass is 10.2. The number of hydrogen-bond donors (Lipinski definition) is 1. The Bertz CT molecular complexity index is 445. The molecule has 1 aromatic rings. The average molecular weight is 299 g/mol. The molecular formula is C12H21N5O2S. The van der Waals surface area contributed by atoms with Crippen molar-refractivity contribution in [2.24, 2.45) is 0 Å². The predicted molar refractivity (Wildman–Crippen MR) is 75.4 cm³/mol. The van der Waals surface area contributed by atoms with Crippen molar-refractivity contribution in [2.45, 2.75) is 62.7 Å². The highest BCUT2D eigenvalue weighted by Gasteiger charge is 2.22. The molecule has 2 heterocycles. The Balaban J connectivity index is 1.92. The van der Waals surface area contributed by atoms with Gasteiger partial charge in [-0.2, -0.15) is 0 Å². The second-order valence-corrected chi connectivity index (χ2v) is 6.51. The number of thioether (sulfide) groups is 1. The van der Waals surface area contributed by atoms with Gasteiger partial charge in [0.25, 0.3) is 0 Å². The number of aromatic nitrogens is 4. The molecule has 2 rings (SSSR count). The van der Waals surface area contributed by atoms with Crippen molar-refractivity contribution in [3.63, 3.8) is 0 Å². The summed E-state index contributed by atoms with van der Waals surface area (Å²) in [6.07, 6.45) is 2.30. The molecule has 1 amide bonds. The zero-order chi connectivity index (χ0) is 14.5. The zero-order valence-electron chi connectivity index (χ0n) is 12.1. The largest absolute Gasteiger partial charge is 0.376 e. The number of carbonyl (C=O) groups excluding carboxylic acids is 1. The van der Waals surface area contributed by atoms with Crippen molar-refractivity contribution >= 4 is 17.7 Å². The van der Waals surface area contributed by atoms with Crippen LogP contribution in [0.25, 0.3) is 0 Å². The molecule has 2 unspecified atom stereocenters. The highest BCUT2D eigenvalue weighted by atomic mass is 32.2. The van der Waals surface area contributed by atoms with Gasteiger partial charge in [0.1, 0.15) is 0 Å². The summed E-state index contributed by atoms with van der Waals surface area (Å²) < 4.78 is 7.30. The van der Waals surface area contributed by atoms with Gasteiger partial charge in [0.05, 0.1) is 17.9 Å². The van der Waals surface area contributed by atoms with E-state index in [0.717, 1.165) is 19.4 Å². The third kappa shape index (κ3) is 4.17. The maximum Gasteiger partial charge on any atom is 0.233 e. The molecule has 7 nitrogen and oxygen atoms in total. The van der Waals surface area contributed by atoms with Crippen molar-refractivity contribution in [3.05, 3.63) is 0 Å². The predicted octanol–water partition coefficient (Wildman–Crippen LogP) is 0.857. The van der Waals surface area contributed by atoms with Crippen LogP contribution in [0.15, 0.2) is 5.16 Å². The standard InChI is InChI=1S/C12H21N5O2S/c1-8(2)13-11(18)9(3)20-12-14-15-16-17(12)7-10-5-4-6-19-10/h8-10H,4-7H2,1-3H3,(H,13,18). The Morgan fingerprint density at radius 1 is 1.55 bits per heavy atom. The Morgan fingerprint density at radius 3 is 3.00 bits per heavy atom. The van der Waals surface area contributed by atoms with Gasteiger partial charge in [-0.3, -0.25) is 4.79 Å². The molecule has 0 bridgehead atoms. The number of tetrazole rings is 1. The molecule has 2 atom stereocenters. The zero-order valence-corrected chi connectivity index (χ0v) is 12.9. The van der Waals surface area contributed by atoms with E-state index in [4.69, 9.17) is 4.74 Å². The Kier molecular flexibility index (Phi) is 5.36. The van der Waals surface area contributed by atoms with Crippen molar-refractivity contribution in [1.29, 1.82) is 0 Å². The van der Waals surface area contributed by atoms with Gasteiger partial charge in [-0.05, 0) is 44.0 Å². The minimum absolute atomic E-state index is 0.00309. The highest BCUT2D eigenvalue weighted by molar-refractivity contribution is 8.00. The van der Waals surface area contributed by atoms with Gasteiger partial charge in [-0.15, -0.1) is 5.10 Å². The average Bonchev–Trinajstić information content (AvgIpc) is 3.01. The molecular weight excluding hydrogens is 278 g/mol. The number of nitrogens with zero attached hydrogens (tertiary/aromatic N) is 4. The van der Waals surface area contributed by atoms with Gasteiger partial charge < -0.3 is 10.1 Å². The molecule has 0 saturated carbocycles. The summed E-state index contributed by atoms with van der Waals surface area (Å²) in [6.45, 7) is 7.19. The molecule has 0 spiro atoms. The van der Waals surface area contributed by atoms with Gasteiger partial charge in [0, 0.05) is 12.6 Å². The summed E-state index contributed by atoms with van der Waals surface area (Å²) in [7, 11) is 0. The Morgan fingerprint density at radius 2 is 2.35 bits per heavy atom. The molecule has 1 aromatic heterocycles. The molecule has 1 aliphatic rings. The molecule has 112 valence electrons. The van der Waals surface area contributed by atoms with E-state index in [0.29, 0.717) is 11.7 Å². The SMILES string of the molecule is CC(C)NC(=O)C(C)Sc1nnnn1CC1CCCO1. The molecule has 20 heavy (non-hydrogen) atoms. The first kappa shape index (κ1) is 15.2. The third-order valence-corrected chi connectivity index (χ3v) is 4.05. The molecule has 0 aromatic carbocycles. The normalized spacial score (nSPS) is 20.3. The topological polar surface area (TPSA) is 81.9 Å². The van der Waals surface area contributed by atoms with Crippen LogP contribution in [0.5, 0.6) is 0 Å². The van der Waals surface area contributed by atoms with E-state index >= 15 is 0 Å². The molecule has 0 radical (unpaired) electrons. The van der Waals surface area contributed by atoms with E-state index in [2.05, 4.69) is 20.8 Å². The van der Waals surface area contributed by atoms with Crippen LogP contribution in [0.4, 0.5) is 0 Å². The smallest absolute Gasteiger partial charge is 0.233 e. The number of rotatable bonds is 6. The number of carbonyl (C=O) groups is 1. The summed E-state index contributed by atoms with van der Waals surface area (Å²) in [4.78, 5) is 11.9. The minimum atomic E-state index is -0.230. The summed E-state index contributed by atoms with van der Waals surface area (Å²) >= 11 is 1.37. The summed E-state index contributed by atoms with van der Waals surface area (Å²) in [6, 6.07) is 0.133. The lowest BCUT2D eigenvalue weighted by Crippen LogP contribution is -2.36. The number of nitrogens with one attached hydrogen (secondary N) is 1. The fraction of sp³-hybridized carbons (Fsp3) is 0.833. The monoisotopic (exact) mass is 299 g/mol. The molecule has 1 N–H and O–H groups in total. The van der Waals surface area contributed by atoms with Gasteiger partial charge >= 0.3 is 0 Å². The van der Waals surface area contributed by atoms with Crippen LogP contribution < -0.4 is 5.32 Å². The molecule has 8 heteroatoms. The van der Waals surface area contributed by atoms with Gasteiger partial charge in [-0.1, -0.05) is 11.8 Å². The highest BCUT2D eigenvalue weighted by Crippen LogP contribution is 2.22. The van der Waals surface area contributed by atoms with E-state index in [1.165, 1.54) is 11.8 Å². The second kappa shape index (κ2) is 7.03. The van der Waals surface area contributed by atoms with E-state index in [1.54, 1.807) is 4.68 Å². The van der Waals surface area contributed by atoms with Gasteiger partial charge in [0.2, 0.25) is 11.1 Å². The lowest BCUT2D eigenvalue weighted by molar-refractivity contribution is -0.120. The lowest BCUT2D eigenvalue weighted by Gasteiger charge is -2.14. The van der Waals surface area contributed by atoms with Crippen LogP contribution in [0.3, 0.4) is 0 Å². The van der Waals surface area contributed by atoms with E-state index < -0.39 is 0 Å². The van der Waals surface area contributed by atoms with Gasteiger partial charge in [0.15, 0.2) is 0 Å². The van der Waals surface area contributed by atoms with Crippen molar-refractivity contribution in [1.82, 2.24) is 25.5 Å². The van der Waals surface area contributed by atoms with Crippen LogP contribution in [0.2, 0.25) is 0 Å². The fourth-order valence-electron chi connectivity index (χ4n) is 1.99. The first-order chi connectivity index (χ1) is 9.56. The molecule has 1 aliphatic heterocycles. The second-order valence-electron chi connectivity index (χ2n) is 5.20. The van der Waals surface area contributed by atoms with E-state index in [1.807, 2.05) is 20.8 Å². The van der Waals surface area contributed by atoms with Gasteiger partial charge in [-0.25, -0.2) is 4.68 Å². The minimum Gasteiger partial charge on any atom is -0.376 e.